The minimum absolute atomic E-state index is 0.771. The van der Waals surface area contributed by atoms with Crippen LogP contribution in [0.25, 0.3) is 0 Å². The van der Waals surface area contributed by atoms with Crippen molar-refractivity contribution in [1.82, 2.24) is 15.6 Å². The monoisotopic (exact) mass is 364 g/mol. The highest BCUT2D eigenvalue weighted by Gasteiger charge is 2.06. The smallest absolute Gasteiger partial charge is 0.191 e. The van der Waals surface area contributed by atoms with E-state index in [0.717, 1.165) is 43.3 Å². The fraction of sp³-hybridized carbons (Fsp3) is 0.444. The molecule has 1 heterocycles. The number of guanidine groups is 1. The molecule has 0 spiro atoms. The number of aliphatic imine (C=N–C) groups is 1. The molecule has 0 saturated carbocycles. The third kappa shape index (κ3) is 5.80. The van der Waals surface area contributed by atoms with Crippen molar-refractivity contribution in [2.75, 3.05) is 20.1 Å². The van der Waals surface area contributed by atoms with E-state index in [-0.39, 0.29) is 0 Å². The van der Waals surface area contributed by atoms with Gasteiger partial charge < -0.3 is 10.6 Å². The van der Waals surface area contributed by atoms with Crippen molar-refractivity contribution in [3.05, 3.63) is 50.4 Å². The second-order valence-corrected chi connectivity index (χ2v) is 7.24. The average molecular weight is 365 g/mol. The van der Waals surface area contributed by atoms with E-state index in [1.807, 2.05) is 12.1 Å². The van der Waals surface area contributed by atoms with Crippen LogP contribution in [0.5, 0.6) is 0 Å². The lowest BCUT2D eigenvalue weighted by Gasteiger charge is -2.11. The zero-order valence-electron chi connectivity index (χ0n) is 14.5. The number of aromatic nitrogens is 1. The molecule has 0 saturated heterocycles. The molecule has 24 heavy (non-hydrogen) atoms. The van der Waals surface area contributed by atoms with E-state index in [1.165, 1.54) is 21.1 Å². The normalized spacial score (nSPS) is 11.6. The van der Waals surface area contributed by atoms with Crippen molar-refractivity contribution < 1.29 is 0 Å². The standard InChI is InChI=1S/C18H25ClN4S/c1-4-16-13(2)24-17(23-16)10-12-22-18(20-3)21-11-9-14-5-7-15(19)8-6-14/h5-8H,4,9-12H2,1-3H3,(H2,20,21,22). The highest BCUT2D eigenvalue weighted by atomic mass is 35.5. The molecule has 0 atom stereocenters. The topological polar surface area (TPSA) is 49.3 Å². The molecule has 0 aliphatic carbocycles. The number of hydrogen-bond acceptors (Lipinski definition) is 3. The van der Waals surface area contributed by atoms with Gasteiger partial charge in [0, 0.05) is 36.5 Å². The number of benzene rings is 1. The molecule has 0 aliphatic heterocycles. The maximum Gasteiger partial charge on any atom is 0.191 e. The van der Waals surface area contributed by atoms with Crippen molar-refractivity contribution in [3.63, 3.8) is 0 Å². The van der Waals surface area contributed by atoms with Gasteiger partial charge >= 0.3 is 0 Å². The molecule has 2 N–H and O–H groups in total. The largest absolute Gasteiger partial charge is 0.356 e. The minimum atomic E-state index is 0.771. The third-order valence-electron chi connectivity index (χ3n) is 3.75. The predicted octanol–water partition coefficient (Wildman–Crippen LogP) is 3.62. The number of thiazole rings is 1. The van der Waals surface area contributed by atoms with E-state index in [2.05, 4.69) is 46.6 Å². The van der Waals surface area contributed by atoms with Gasteiger partial charge in [-0.25, -0.2) is 4.98 Å². The summed E-state index contributed by atoms with van der Waals surface area (Å²) in [4.78, 5) is 10.3. The lowest BCUT2D eigenvalue weighted by molar-refractivity contribution is 0.780. The molecule has 2 rings (SSSR count). The first-order valence-electron chi connectivity index (χ1n) is 8.26. The quantitative estimate of drug-likeness (QED) is 0.582. The van der Waals surface area contributed by atoms with Crippen molar-refractivity contribution in [3.8, 4) is 0 Å². The maximum absolute atomic E-state index is 5.90. The van der Waals surface area contributed by atoms with Crippen LogP contribution in [0.1, 0.15) is 28.1 Å². The second-order valence-electron chi connectivity index (χ2n) is 5.52. The number of halogens is 1. The Morgan fingerprint density at radius 2 is 1.83 bits per heavy atom. The van der Waals surface area contributed by atoms with Gasteiger partial charge in [-0.05, 0) is 37.5 Å². The molecule has 0 aliphatic rings. The Morgan fingerprint density at radius 1 is 1.17 bits per heavy atom. The summed E-state index contributed by atoms with van der Waals surface area (Å²) in [5, 5.41) is 8.64. The fourth-order valence-electron chi connectivity index (χ4n) is 2.41. The van der Waals surface area contributed by atoms with Crippen molar-refractivity contribution in [1.29, 1.82) is 0 Å². The molecule has 0 unspecified atom stereocenters. The molecule has 2 aromatic rings. The van der Waals surface area contributed by atoms with E-state index in [4.69, 9.17) is 11.6 Å². The lowest BCUT2D eigenvalue weighted by atomic mass is 10.1. The predicted molar refractivity (Wildman–Crippen MR) is 104 cm³/mol. The van der Waals surface area contributed by atoms with E-state index in [1.54, 1.807) is 18.4 Å². The van der Waals surface area contributed by atoms with Gasteiger partial charge in [-0.3, -0.25) is 4.99 Å². The molecule has 1 aromatic carbocycles. The van der Waals surface area contributed by atoms with Gasteiger partial charge in [-0.1, -0.05) is 30.7 Å². The highest BCUT2D eigenvalue weighted by Crippen LogP contribution is 2.17. The molecule has 4 nitrogen and oxygen atoms in total. The minimum Gasteiger partial charge on any atom is -0.356 e. The van der Waals surface area contributed by atoms with Crippen molar-refractivity contribution >= 4 is 28.9 Å². The zero-order chi connectivity index (χ0) is 17.4. The Hall–Kier alpha value is -1.59. The van der Waals surface area contributed by atoms with Crippen LogP contribution in [0.2, 0.25) is 5.02 Å². The Kier molecular flexibility index (Phi) is 7.53. The zero-order valence-corrected chi connectivity index (χ0v) is 16.1. The van der Waals surface area contributed by atoms with Crippen LogP contribution >= 0.6 is 22.9 Å². The molecule has 0 radical (unpaired) electrons. The first-order chi connectivity index (χ1) is 11.6. The van der Waals surface area contributed by atoms with Crippen LogP contribution in [0.3, 0.4) is 0 Å². The van der Waals surface area contributed by atoms with Gasteiger partial charge in [0.15, 0.2) is 5.96 Å². The van der Waals surface area contributed by atoms with Crippen LogP contribution in [-0.2, 0) is 19.3 Å². The number of hydrogen-bond donors (Lipinski definition) is 2. The Bertz CT molecular complexity index is 664. The van der Waals surface area contributed by atoms with Gasteiger partial charge in [0.1, 0.15) is 0 Å². The summed E-state index contributed by atoms with van der Waals surface area (Å²) < 4.78 is 0. The molecule has 0 bridgehead atoms. The molecule has 130 valence electrons. The average Bonchev–Trinajstić information content (AvgIpc) is 2.95. The summed E-state index contributed by atoms with van der Waals surface area (Å²) in [6, 6.07) is 7.95. The van der Waals surface area contributed by atoms with Gasteiger partial charge in [-0.15, -0.1) is 11.3 Å². The SMILES string of the molecule is CCc1nc(CCNC(=NC)NCCc2ccc(Cl)cc2)sc1C. The van der Waals surface area contributed by atoms with Crippen LogP contribution in [-0.4, -0.2) is 31.1 Å². The van der Waals surface area contributed by atoms with Gasteiger partial charge in [0.2, 0.25) is 0 Å². The van der Waals surface area contributed by atoms with Crippen LogP contribution in [0.4, 0.5) is 0 Å². The number of rotatable bonds is 7. The van der Waals surface area contributed by atoms with E-state index >= 15 is 0 Å². The van der Waals surface area contributed by atoms with E-state index < -0.39 is 0 Å². The lowest BCUT2D eigenvalue weighted by Crippen LogP contribution is -2.39. The number of nitrogens with one attached hydrogen (secondary N) is 2. The third-order valence-corrected chi connectivity index (χ3v) is 5.07. The Morgan fingerprint density at radius 3 is 2.42 bits per heavy atom. The highest BCUT2D eigenvalue weighted by molar-refractivity contribution is 7.11. The summed E-state index contributed by atoms with van der Waals surface area (Å²) in [7, 11) is 1.79. The molecule has 0 fully saturated rings. The maximum atomic E-state index is 5.90. The van der Waals surface area contributed by atoms with Crippen molar-refractivity contribution in [2.24, 2.45) is 4.99 Å². The summed E-state index contributed by atoms with van der Waals surface area (Å²) in [6.45, 7) is 5.95. The van der Waals surface area contributed by atoms with Gasteiger partial charge in [-0.2, -0.15) is 0 Å². The van der Waals surface area contributed by atoms with E-state index in [9.17, 15) is 0 Å². The summed E-state index contributed by atoms with van der Waals surface area (Å²) in [5.41, 5.74) is 2.48. The molecular formula is C18H25ClN4S. The second kappa shape index (κ2) is 9.64. The van der Waals surface area contributed by atoms with E-state index in [0.29, 0.717) is 0 Å². The molecular weight excluding hydrogens is 340 g/mol. The Labute approximate surface area is 153 Å². The number of aryl methyl sites for hydroxylation is 2. The first kappa shape index (κ1) is 18.7. The number of nitrogens with zero attached hydrogens (tertiary/aromatic N) is 2. The van der Waals surface area contributed by atoms with Crippen LogP contribution < -0.4 is 10.6 Å². The summed E-state index contributed by atoms with van der Waals surface area (Å²) in [5.74, 6) is 0.827. The summed E-state index contributed by atoms with van der Waals surface area (Å²) in [6.07, 6.45) is 2.86. The summed E-state index contributed by atoms with van der Waals surface area (Å²) >= 11 is 7.69. The van der Waals surface area contributed by atoms with Gasteiger partial charge in [0.05, 0.1) is 10.7 Å². The molecule has 0 amide bonds. The molecule has 6 heteroatoms. The molecule has 1 aromatic heterocycles. The first-order valence-corrected chi connectivity index (χ1v) is 9.46. The van der Waals surface area contributed by atoms with Gasteiger partial charge in [0.25, 0.3) is 0 Å². The van der Waals surface area contributed by atoms with Crippen LogP contribution in [0.15, 0.2) is 29.3 Å². The Balaban J connectivity index is 1.71. The fourth-order valence-corrected chi connectivity index (χ4v) is 3.55. The van der Waals surface area contributed by atoms with Crippen molar-refractivity contribution in [2.45, 2.75) is 33.1 Å². The van der Waals surface area contributed by atoms with Crippen LogP contribution in [0, 0.1) is 6.92 Å².